The Balaban J connectivity index is 1.78. The molecule has 0 bridgehead atoms. The Bertz CT molecular complexity index is 1790. The van der Waals surface area contributed by atoms with Crippen molar-refractivity contribution in [2.75, 3.05) is 66.1 Å². The summed E-state index contributed by atoms with van der Waals surface area (Å²) in [5, 5.41) is 47.9. The number of rotatable bonds is 20. The van der Waals surface area contributed by atoms with Gasteiger partial charge in [0.15, 0.2) is 0 Å². The third kappa shape index (κ3) is 10.7. The summed E-state index contributed by atoms with van der Waals surface area (Å²) >= 11 is 4.53. The van der Waals surface area contributed by atoms with Crippen molar-refractivity contribution in [3.63, 3.8) is 0 Å². The highest BCUT2D eigenvalue weighted by molar-refractivity contribution is 14.1. The highest BCUT2D eigenvalue weighted by atomic mass is 127. The third-order valence-corrected chi connectivity index (χ3v) is 9.54. The molecule has 0 spiro atoms. The molecule has 0 fully saturated rings. The van der Waals surface area contributed by atoms with Gasteiger partial charge in [-0.25, -0.2) is 0 Å². The lowest BCUT2D eigenvalue weighted by atomic mass is 9.81. The molecule has 0 aliphatic heterocycles. The van der Waals surface area contributed by atoms with Gasteiger partial charge in [0.1, 0.15) is 61.8 Å². The molecule has 12 heteroatoms. The first-order chi connectivity index (χ1) is 25.9. The van der Waals surface area contributed by atoms with Crippen LogP contribution >= 0.6 is 45.2 Å². The molecule has 0 amide bonds. The van der Waals surface area contributed by atoms with Crippen molar-refractivity contribution >= 4 is 45.2 Å². The van der Waals surface area contributed by atoms with Crippen molar-refractivity contribution in [3.05, 3.63) is 121 Å². The van der Waals surface area contributed by atoms with Crippen LogP contribution in [0.1, 0.15) is 22.6 Å². The lowest BCUT2D eigenvalue weighted by Gasteiger charge is -2.27. The Hall–Kier alpha value is -3.64. The molecule has 5 rings (SSSR count). The Morgan fingerprint density at radius 1 is 0.415 bits per heavy atom. The van der Waals surface area contributed by atoms with Gasteiger partial charge in [-0.15, -0.1) is 0 Å². The third-order valence-electron chi connectivity index (χ3n) is 8.12. The van der Waals surface area contributed by atoms with Crippen molar-refractivity contribution in [1.82, 2.24) is 0 Å². The lowest BCUT2D eigenvalue weighted by molar-refractivity contribution is 0.197. The molecular formula is C41H42I2O10. The second-order valence-electron chi connectivity index (χ2n) is 11.7. The molecule has 0 radical (unpaired) electrons. The van der Waals surface area contributed by atoms with Crippen LogP contribution < -0.4 is 23.7 Å². The van der Waals surface area contributed by atoms with Crippen LogP contribution in [0.25, 0.3) is 22.3 Å². The summed E-state index contributed by atoms with van der Waals surface area (Å²) in [6.07, 6.45) is 0. The summed E-state index contributed by atoms with van der Waals surface area (Å²) in [6, 6.07) is 31.1. The van der Waals surface area contributed by atoms with Gasteiger partial charge in [0.25, 0.3) is 0 Å². The Kier molecular flexibility index (Phi) is 15.8. The molecule has 0 atom stereocenters. The monoisotopic (exact) mass is 948 g/mol. The fourth-order valence-corrected chi connectivity index (χ4v) is 7.94. The quantitative estimate of drug-likeness (QED) is 0.0448. The van der Waals surface area contributed by atoms with E-state index in [-0.39, 0.29) is 66.1 Å². The van der Waals surface area contributed by atoms with Crippen LogP contribution in [0.5, 0.6) is 28.7 Å². The predicted molar refractivity (Wildman–Crippen MR) is 219 cm³/mol. The Morgan fingerprint density at radius 2 is 0.811 bits per heavy atom. The minimum absolute atomic E-state index is 0.0618. The maximum Gasteiger partial charge on any atom is 0.136 e. The average Bonchev–Trinajstić information content (AvgIpc) is 3.18. The number of halogens is 2. The normalized spacial score (nSPS) is 11.1. The van der Waals surface area contributed by atoms with Crippen molar-refractivity contribution in [2.45, 2.75) is 5.92 Å². The van der Waals surface area contributed by atoms with Crippen molar-refractivity contribution in [2.24, 2.45) is 0 Å². The SMILES string of the molecule is OCCOc1ccc(-c2ccc(OCCO)c(C(c3cc(-c4ccc(OCCO)cc4)ccc3OCCO)c3cc(I)cc(I)c3OCCO)c2)cc1. The van der Waals surface area contributed by atoms with E-state index in [9.17, 15) is 25.5 Å². The second kappa shape index (κ2) is 20.7. The average molecular weight is 949 g/mol. The molecule has 0 aromatic heterocycles. The van der Waals surface area contributed by atoms with Gasteiger partial charge in [0.2, 0.25) is 0 Å². The fourth-order valence-electron chi connectivity index (χ4n) is 5.89. The van der Waals surface area contributed by atoms with E-state index in [0.717, 1.165) is 46.1 Å². The molecule has 5 aromatic carbocycles. The smallest absolute Gasteiger partial charge is 0.136 e. The molecular weight excluding hydrogens is 906 g/mol. The van der Waals surface area contributed by atoms with Gasteiger partial charge < -0.3 is 49.2 Å². The fraction of sp³-hybridized carbons (Fsp3) is 0.268. The molecule has 0 saturated carbocycles. The second-order valence-corrected chi connectivity index (χ2v) is 14.1. The van der Waals surface area contributed by atoms with E-state index in [2.05, 4.69) is 57.3 Å². The van der Waals surface area contributed by atoms with Crippen LogP contribution in [0.15, 0.2) is 97.1 Å². The molecule has 0 unspecified atom stereocenters. The van der Waals surface area contributed by atoms with E-state index in [0.29, 0.717) is 28.7 Å². The minimum Gasteiger partial charge on any atom is -0.491 e. The minimum atomic E-state index is -0.575. The first-order valence-electron chi connectivity index (χ1n) is 17.1. The van der Waals surface area contributed by atoms with E-state index in [4.69, 9.17) is 23.7 Å². The molecule has 0 heterocycles. The molecule has 53 heavy (non-hydrogen) atoms. The van der Waals surface area contributed by atoms with Gasteiger partial charge in [0.05, 0.1) is 36.6 Å². The molecule has 5 N–H and O–H groups in total. The lowest BCUT2D eigenvalue weighted by Crippen LogP contribution is -2.14. The van der Waals surface area contributed by atoms with Crippen molar-refractivity contribution < 1.29 is 49.2 Å². The molecule has 0 aliphatic carbocycles. The highest BCUT2D eigenvalue weighted by Gasteiger charge is 2.30. The highest BCUT2D eigenvalue weighted by Crippen LogP contribution is 2.48. The van der Waals surface area contributed by atoms with Crippen molar-refractivity contribution in [1.29, 1.82) is 0 Å². The van der Waals surface area contributed by atoms with Crippen LogP contribution in [0.4, 0.5) is 0 Å². The van der Waals surface area contributed by atoms with Crippen LogP contribution in [0, 0.1) is 7.14 Å². The number of aliphatic hydroxyl groups is 5. The van der Waals surface area contributed by atoms with Gasteiger partial charge in [-0.3, -0.25) is 0 Å². The standard InChI is InChI=1S/C41H42I2O10/c42-31-25-36(41(37(43)26-31)53-22-17-48)40(34-23-29(5-11-38(34)51-20-15-46)27-1-7-32(8-2-27)49-18-13-44)35-24-30(6-12-39(35)52-21-16-47)28-3-9-33(10-4-28)50-19-14-45/h1-12,23-26,40,44-48H,13-22H2. The number of aliphatic hydroxyl groups excluding tert-OH is 5. The summed E-state index contributed by atoms with van der Waals surface area (Å²) in [5.74, 6) is 2.38. The number of benzene rings is 5. The first kappa shape index (κ1) is 40.5. The summed E-state index contributed by atoms with van der Waals surface area (Å²) in [7, 11) is 0. The first-order valence-corrected chi connectivity index (χ1v) is 19.2. The largest absolute Gasteiger partial charge is 0.491 e. The number of hydrogen-bond acceptors (Lipinski definition) is 10. The van der Waals surface area contributed by atoms with Crippen LogP contribution in [-0.4, -0.2) is 91.6 Å². The Labute approximate surface area is 336 Å². The van der Waals surface area contributed by atoms with E-state index in [1.165, 1.54) is 0 Å². The predicted octanol–water partition coefficient (Wildman–Crippen LogP) is 6.27. The topological polar surface area (TPSA) is 147 Å². The molecule has 5 aromatic rings. The van der Waals surface area contributed by atoms with Gasteiger partial charge in [-0.05, 0) is 128 Å². The Morgan fingerprint density at radius 3 is 1.25 bits per heavy atom. The summed E-state index contributed by atoms with van der Waals surface area (Å²) in [6.45, 7) is -0.138. The molecule has 280 valence electrons. The zero-order chi connectivity index (χ0) is 37.6. The molecule has 10 nitrogen and oxygen atoms in total. The van der Waals surface area contributed by atoms with Gasteiger partial charge in [-0.1, -0.05) is 36.4 Å². The maximum atomic E-state index is 9.83. The van der Waals surface area contributed by atoms with Crippen LogP contribution in [0.3, 0.4) is 0 Å². The summed E-state index contributed by atoms with van der Waals surface area (Å²) in [5.41, 5.74) is 5.94. The summed E-state index contributed by atoms with van der Waals surface area (Å²) in [4.78, 5) is 0. The van der Waals surface area contributed by atoms with Gasteiger partial charge in [-0.2, -0.15) is 0 Å². The van der Waals surface area contributed by atoms with Crippen LogP contribution in [0.2, 0.25) is 0 Å². The number of hydrogen-bond donors (Lipinski definition) is 5. The summed E-state index contributed by atoms with van der Waals surface area (Å²) < 4.78 is 31.7. The number of ether oxygens (including phenoxy) is 5. The van der Waals surface area contributed by atoms with E-state index in [1.54, 1.807) is 0 Å². The van der Waals surface area contributed by atoms with E-state index >= 15 is 0 Å². The van der Waals surface area contributed by atoms with Gasteiger partial charge >= 0.3 is 0 Å². The van der Waals surface area contributed by atoms with Gasteiger partial charge in [0, 0.05) is 26.2 Å². The van der Waals surface area contributed by atoms with Crippen LogP contribution in [-0.2, 0) is 0 Å². The zero-order valence-electron chi connectivity index (χ0n) is 28.9. The van der Waals surface area contributed by atoms with E-state index in [1.807, 2.05) is 84.9 Å². The maximum absolute atomic E-state index is 9.83. The molecule has 0 saturated heterocycles. The zero-order valence-corrected chi connectivity index (χ0v) is 33.2. The van der Waals surface area contributed by atoms with Crippen molar-refractivity contribution in [3.8, 4) is 51.0 Å². The molecule has 0 aliphatic rings. The van der Waals surface area contributed by atoms with E-state index < -0.39 is 5.92 Å².